The fourth-order valence-electron chi connectivity index (χ4n) is 1.89. The minimum absolute atomic E-state index is 0.777. The van der Waals surface area contributed by atoms with Gasteiger partial charge in [-0.2, -0.15) is 0 Å². The molecule has 1 N–H and O–H groups in total. The van der Waals surface area contributed by atoms with Crippen LogP contribution in [0.4, 0.5) is 0 Å². The topological polar surface area (TPSA) is 24.9 Å². The summed E-state index contributed by atoms with van der Waals surface area (Å²) in [4.78, 5) is 4.44. The molecule has 1 heterocycles. The molecule has 2 unspecified atom stereocenters. The molecule has 0 amide bonds. The molecule has 14 heavy (non-hydrogen) atoms. The van der Waals surface area contributed by atoms with E-state index in [2.05, 4.69) is 29.5 Å². The molecule has 1 saturated carbocycles. The number of hydrogen-bond acceptors (Lipinski definition) is 3. The quantitative estimate of drug-likeness (QED) is 0.808. The van der Waals surface area contributed by atoms with Gasteiger partial charge >= 0.3 is 0 Å². The molecule has 1 aromatic heterocycles. The standard InChI is InChI=1S/C11H18N2S/c1-3-4-9-5-10(9)12-6-11-13-8(2)7-14-11/h7,9-10,12H,3-6H2,1-2H3. The first-order valence-electron chi connectivity index (χ1n) is 5.44. The Morgan fingerprint density at radius 2 is 2.50 bits per heavy atom. The van der Waals surface area contributed by atoms with E-state index < -0.39 is 0 Å². The highest BCUT2D eigenvalue weighted by molar-refractivity contribution is 7.09. The van der Waals surface area contributed by atoms with Crippen molar-refractivity contribution in [3.8, 4) is 0 Å². The maximum Gasteiger partial charge on any atom is 0.107 e. The second-order valence-electron chi connectivity index (χ2n) is 4.15. The van der Waals surface area contributed by atoms with Crippen molar-refractivity contribution in [2.45, 2.75) is 45.7 Å². The van der Waals surface area contributed by atoms with Crippen LogP contribution in [0, 0.1) is 12.8 Å². The lowest BCUT2D eigenvalue weighted by molar-refractivity contribution is 0.598. The van der Waals surface area contributed by atoms with E-state index in [-0.39, 0.29) is 0 Å². The van der Waals surface area contributed by atoms with E-state index in [1.165, 1.54) is 24.3 Å². The van der Waals surface area contributed by atoms with Crippen LogP contribution in [0.15, 0.2) is 5.38 Å². The molecule has 2 rings (SSSR count). The predicted molar refractivity (Wildman–Crippen MR) is 60.5 cm³/mol. The van der Waals surface area contributed by atoms with E-state index in [4.69, 9.17) is 0 Å². The van der Waals surface area contributed by atoms with E-state index in [1.54, 1.807) is 11.3 Å². The largest absolute Gasteiger partial charge is 0.307 e. The average Bonchev–Trinajstić information content (AvgIpc) is 2.77. The normalized spacial score (nSPS) is 25.3. The minimum atomic E-state index is 0.777. The van der Waals surface area contributed by atoms with Gasteiger partial charge in [-0.3, -0.25) is 0 Å². The highest BCUT2D eigenvalue weighted by atomic mass is 32.1. The Morgan fingerprint density at radius 1 is 1.64 bits per heavy atom. The van der Waals surface area contributed by atoms with Crippen molar-refractivity contribution in [1.82, 2.24) is 10.3 Å². The van der Waals surface area contributed by atoms with E-state index >= 15 is 0 Å². The molecule has 0 spiro atoms. The lowest BCUT2D eigenvalue weighted by Crippen LogP contribution is -2.17. The summed E-state index contributed by atoms with van der Waals surface area (Å²) in [5.74, 6) is 0.945. The molecule has 78 valence electrons. The SMILES string of the molecule is CCCC1CC1NCc1nc(C)cs1. The Labute approximate surface area is 89.8 Å². The molecule has 1 fully saturated rings. The monoisotopic (exact) mass is 210 g/mol. The van der Waals surface area contributed by atoms with Gasteiger partial charge in [0.2, 0.25) is 0 Å². The van der Waals surface area contributed by atoms with E-state index in [0.29, 0.717) is 0 Å². The minimum Gasteiger partial charge on any atom is -0.307 e. The molecule has 1 aliphatic rings. The van der Waals surface area contributed by atoms with Gasteiger partial charge in [0.25, 0.3) is 0 Å². The highest BCUT2D eigenvalue weighted by Crippen LogP contribution is 2.34. The fraction of sp³-hybridized carbons (Fsp3) is 0.727. The molecule has 2 nitrogen and oxygen atoms in total. The Kier molecular flexibility index (Phi) is 3.19. The second-order valence-corrected chi connectivity index (χ2v) is 5.10. The van der Waals surface area contributed by atoms with Crippen LogP contribution in [0.1, 0.15) is 36.9 Å². The second kappa shape index (κ2) is 4.41. The van der Waals surface area contributed by atoms with Crippen molar-refractivity contribution in [3.63, 3.8) is 0 Å². The number of rotatable bonds is 5. The van der Waals surface area contributed by atoms with Crippen LogP contribution >= 0.6 is 11.3 Å². The summed E-state index contributed by atoms with van der Waals surface area (Å²) in [5, 5.41) is 6.91. The molecule has 0 bridgehead atoms. The number of hydrogen-bond donors (Lipinski definition) is 1. The molecule has 1 aromatic rings. The third-order valence-electron chi connectivity index (χ3n) is 2.76. The van der Waals surface area contributed by atoms with Gasteiger partial charge in [-0.25, -0.2) is 4.98 Å². The molecule has 0 saturated heterocycles. The summed E-state index contributed by atoms with van der Waals surface area (Å²) < 4.78 is 0. The van der Waals surface area contributed by atoms with Crippen molar-refractivity contribution in [3.05, 3.63) is 16.1 Å². The van der Waals surface area contributed by atoms with Crippen LogP contribution < -0.4 is 5.32 Å². The van der Waals surface area contributed by atoms with E-state index in [1.807, 2.05) is 0 Å². The molecular formula is C11H18N2S. The Balaban J connectivity index is 1.69. The average molecular weight is 210 g/mol. The lowest BCUT2D eigenvalue weighted by Gasteiger charge is -2.00. The van der Waals surface area contributed by atoms with Gasteiger partial charge in [-0.15, -0.1) is 11.3 Å². The van der Waals surface area contributed by atoms with Crippen LogP contribution in [0.25, 0.3) is 0 Å². The summed E-state index contributed by atoms with van der Waals surface area (Å²) in [5.41, 5.74) is 1.15. The third kappa shape index (κ3) is 2.55. The first kappa shape index (κ1) is 10.1. The van der Waals surface area contributed by atoms with E-state index in [0.717, 1.165) is 24.2 Å². The Hall–Kier alpha value is -0.410. The first-order valence-corrected chi connectivity index (χ1v) is 6.32. The van der Waals surface area contributed by atoms with Crippen molar-refractivity contribution >= 4 is 11.3 Å². The predicted octanol–water partition coefficient (Wildman–Crippen LogP) is 2.73. The van der Waals surface area contributed by atoms with Crippen LogP contribution in [0.5, 0.6) is 0 Å². The highest BCUT2D eigenvalue weighted by Gasteiger charge is 2.35. The summed E-state index contributed by atoms with van der Waals surface area (Å²) in [7, 11) is 0. The fourth-order valence-corrected chi connectivity index (χ4v) is 2.61. The van der Waals surface area contributed by atoms with Gasteiger partial charge in [-0.05, 0) is 25.7 Å². The molecular weight excluding hydrogens is 192 g/mol. The van der Waals surface area contributed by atoms with Crippen molar-refractivity contribution in [1.29, 1.82) is 0 Å². The van der Waals surface area contributed by atoms with Gasteiger partial charge in [0, 0.05) is 23.7 Å². The molecule has 0 radical (unpaired) electrons. The summed E-state index contributed by atoms with van der Waals surface area (Å²) in [6.07, 6.45) is 4.08. The zero-order chi connectivity index (χ0) is 9.97. The first-order chi connectivity index (χ1) is 6.79. The van der Waals surface area contributed by atoms with Gasteiger partial charge in [0.15, 0.2) is 0 Å². The number of nitrogens with zero attached hydrogens (tertiary/aromatic N) is 1. The maximum atomic E-state index is 4.44. The summed E-state index contributed by atoms with van der Waals surface area (Å²) >= 11 is 1.76. The van der Waals surface area contributed by atoms with Gasteiger partial charge in [-0.1, -0.05) is 13.3 Å². The van der Waals surface area contributed by atoms with Crippen molar-refractivity contribution in [2.24, 2.45) is 5.92 Å². The Morgan fingerprint density at radius 3 is 3.14 bits per heavy atom. The number of nitrogens with one attached hydrogen (secondary N) is 1. The smallest absolute Gasteiger partial charge is 0.107 e. The zero-order valence-corrected chi connectivity index (χ0v) is 9.73. The Bertz CT molecular complexity index is 295. The number of aromatic nitrogens is 1. The molecule has 0 aliphatic heterocycles. The van der Waals surface area contributed by atoms with Gasteiger partial charge < -0.3 is 5.32 Å². The zero-order valence-electron chi connectivity index (χ0n) is 8.92. The van der Waals surface area contributed by atoms with Gasteiger partial charge in [0.05, 0.1) is 0 Å². The van der Waals surface area contributed by atoms with E-state index in [9.17, 15) is 0 Å². The van der Waals surface area contributed by atoms with Crippen molar-refractivity contribution < 1.29 is 0 Å². The van der Waals surface area contributed by atoms with Crippen LogP contribution in [0.2, 0.25) is 0 Å². The number of aryl methyl sites for hydroxylation is 1. The van der Waals surface area contributed by atoms with Crippen molar-refractivity contribution in [2.75, 3.05) is 0 Å². The van der Waals surface area contributed by atoms with Gasteiger partial charge in [0.1, 0.15) is 5.01 Å². The summed E-state index contributed by atoms with van der Waals surface area (Å²) in [6, 6.07) is 0.777. The maximum absolute atomic E-state index is 4.44. The molecule has 0 aromatic carbocycles. The molecule has 1 aliphatic carbocycles. The number of thiazole rings is 1. The van der Waals surface area contributed by atoms with Crippen LogP contribution in [-0.2, 0) is 6.54 Å². The van der Waals surface area contributed by atoms with Crippen LogP contribution in [0.3, 0.4) is 0 Å². The molecule has 3 heteroatoms. The molecule has 2 atom stereocenters. The lowest BCUT2D eigenvalue weighted by atomic mass is 10.2. The van der Waals surface area contributed by atoms with Crippen LogP contribution in [-0.4, -0.2) is 11.0 Å². The third-order valence-corrected chi connectivity index (χ3v) is 3.73. The summed E-state index contributed by atoms with van der Waals surface area (Å²) in [6.45, 7) is 5.28.